The number of rotatable bonds is 7. The zero-order valence-corrected chi connectivity index (χ0v) is 19.8. The molecular weight excluding hydrogens is 499 g/mol. The standard InChI is InChI=1S/C21H22F3NO7S2/c1-25(18-7-3-6-17-16(18)5-4-8-19(17)32-12-20(26)27)34(30,31)15-10-13(21(22,23)24)9-14(11-15)33(2,28)29/h4-5,8-11,18H,3,6-7,12H2,1-2H3,(H,26,27). The summed E-state index contributed by atoms with van der Waals surface area (Å²) in [5.74, 6) is -0.898. The van der Waals surface area contributed by atoms with Crippen molar-refractivity contribution in [2.45, 2.75) is 41.3 Å². The number of halogens is 3. The number of sulfone groups is 1. The smallest absolute Gasteiger partial charge is 0.416 e. The minimum Gasteiger partial charge on any atom is -0.482 e. The largest absolute Gasteiger partial charge is 0.482 e. The van der Waals surface area contributed by atoms with Crippen LogP contribution in [0.2, 0.25) is 0 Å². The van der Waals surface area contributed by atoms with Gasteiger partial charge < -0.3 is 9.84 Å². The molecule has 1 aliphatic carbocycles. The van der Waals surface area contributed by atoms with Crippen LogP contribution >= 0.6 is 0 Å². The Morgan fingerprint density at radius 3 is 2.38 bits per heavy atom. The summed E-state index contributed by atoms with van der Waals surface area (Å²) >= 11 is 0. The van der Waals surface area contributed by atoms with Crippen molar-refractivity contribution in [2.24, 2.45) is 0 Å². The van der Waals surface area contributed by atoms with Crippen molar-refractivity contribution in [3.63, 3.8) is 0 Å². The molecule has 1 aliphatic rings. The number of carboxylic acid groups (broad SMARTS) is 1. The van der Waals surface area contributed by atoms with E-state index in [-0.39, 0.29) is 5.75 Å². The van der Waals surface area contributed by atoms with Crippen molar-refractivity contribution in [1.29, 1.82) is 0 Å². The molecule has 0 saturated carbocycles. The summed E-state index contributed by atoms with van der Waals surface area (Å²) in [5, 5.41) is 8.88. The molecule has 0 radical (unpaired) electrons. The molecule has 34 heavy (non-hydrogen) atoms. The highest BCUT2D eigenvalue weighted by Crippen LogP contribution is 2.41. The first kappa shape index (κ1) is 26.0. The molecule has 0 spiro atoms. The van der Waals surface area contributed by atoms with Crippen LogP contribution in [0.25, 0.3) is 0 Å². The zero-order valence-electron chi connectivity index (χ0n) is 18.2. The van der Waals surface area contributed by atoms with Crippen molar-refractivity contribution in [2.75, 3.05) is 19.9 Å². The molecule has 0 fully saturated rings. The molecule has 186 valence electrons. The second-order valence-electron chi connectivity index (χ2n) is 7.90. The van der Waals surface area contributed by atoms with E-state index < -0.39 is 60.0 Å². The average Bonchev–Trinajstić information content (AvgIpc) is 2.75. The van der Waals surface area contributed by atoms with Gasteiger partial charge in [-0.2, -0.15) is 17.5 Å². The predicted molar refractivity (Wildman–Crippen MR) is 115 cm³/mol. The number of sulfonamides is 1. The second-order valence-corrected chi connectivity index (χ2v) is 11.9. The van der Waals surface area contributed by atoms with Gasteiger partial charge in [0.25, 0.3) is 0 Å². The minimum atomic E-state index is -4.96. The molecule has 3 rings (SSSR count). The summed E-state index contributed by atoms with van der Waals surface area (Å²) in [6, 6.07) is 5.52. The van der Waals surface area contributed by atoms with E-state index in [1.54, 1.807) is 18.2 Å². The van der Waals surface area contributed by atoms with Gasteiger partial charge in [0.05, 0.1) is 21.4 Å². The third-order valence-electron chi connectivity index (χ3n) is 5.54. The molecular formula is C21H22F3NO7S2. The minimum absolute atomic E-state index is 0.286. The van der Waals surface area contributed by atoms with E-state index in [1.807, 2.05) is 0 Å². The van der Waals surface area contributed by atoms with Crippen LogP contribution in [0.15, 0.2) is 46.2 Å². The van der Waals surface area contributed by atoms with Crippen LogP contribution in [0.5, 0.6) is 5.75 Å². The van der Waals surface area contributed by atoms with Gasteiger partial charge in [-0.25, -0.2) is 21.6 Å². The number of aliphatic carboxylic acids is 1. The lowest BCUT2D eigenvalue weighted by Gasteiger charge is -2.33. The Morgan fingerprint density at radius 2 is 1.79 bits per heavy atom. The topological polar surface area (TPSA) is 118 Å². The molecule has 0 amide bonds. The van der Waals surface area contributed by atoms with E-state index in [9.17, 15) is 34.8 Å². The van der Waals surface area contributed by atoms with Crippen LogP contribution in [0.3, 0.4) is 0 Å². The maximum Gasteiger partial charge on any atom is 0.416 e. The molecule has 1 atom stereocenters. The molecule has 13 heteroatoms. The van der Waals surface area contributed by atoms with Crippen molar-refractivity contribution < 1.29 is 44.6 Å². The first-order valence-electron chi connectivity index (χ1n) is 9.99. The van der Waals surface area contributed by atoms with E-state index >= 15 is 0 Å². The molecule has 2 aromatic rings. The number of alkyl halides is 3. The molecule has 1 unspecified atom stereocenters. The molecule has 1 N–H and O–H groups in total. The van der Waals surface area contributed by atoms with E-state index in [1.165, 1.54) is 7.05 Å². The van der Waals surface area contributed by atoms with E-state index in [2.05, 4.69) is 0 Å². The van der Waals surface area contributed by atoms with Crippen LogP contribution in [-0.4, -0.2) is 52.1 Å². The second kappa shape index (κ2) is 9.19. The van der Waals surface area contributed by atoms with Crippen LogP contribution in [0, 0.1) is 0 Å². The number of ether oxygens (including phenoxy) is 1. The highest BCUT2D eigenvalue weighted by atomic mass is 32.2. The summed E-state index contributed by atoms with van der Waals surface area (Å²) in [7, 11) is -7.48. The Morgan fingerprint density at radius 1 is 1.15 bits per heavy atom. The zero-order chi connectivity index (χ0) is 25.5. The molecule has 0 aliphatic heterocycles. The van der Waals surface area contributed by atoms with E-state index in [0.717, 1.165) is 4.31 Å². The third-order valence-corrected chi connectivity index (χ3v) is 8.47. The first-order valence-corrected chi connectivity index (χ1v) is 13.3. The van der Waals surface area contributed by atoms with Gasteiger partial charge in [-0.15, -0.1) is 0 Å². The Balaban J connectivity index is 2.08. The Hall–Kier alpha value is -2.64. The Bertz CT molecular complexity index is 1320. The highest BCUT2D eigenvalue weighted by molar-refractivity contribution is 7.91. The summed E-state index contributed by atoms with van der Waals surface area (Å²) in [4.78, 5) is 9.31. The Kier molecular flexibility index (Phi) is 7.02. The number of hydrogen-bond donors (Lipinski definition) is 1. The van der Waals surface area contributed by atoms with Crippen LogP contribution in [0.4, 0.5) is 13.2 Å². The van der Waals surface area contributed by atoms with Gasteiger partial charge in [0.2, 0.25) is 10.0 Å². The maximum atomic E-state index is 13.4. The van der Waals surface area contributed by atoms with E-state index in [0.29, 0.717) is 54.8 Å². The summed E-state index contributed by atoms with van der Waals surface area (Å²) in [5.41, 5.74) is -0.241. The van der Waals surface area contributed by atoms with Gasteiger partial charge in [-0.05, 0) is 54.7 Å². The molecule has 0 bridgehead atoms. The van der Waals surface area contributed by atoms with Gasteiger partial charge in [-0.1, -0.05) is 12.1 Å². The molecule has 0 aromatic heterocycles. The lowest BCUT2D eigenvalue weighted by molar-refractivity contribution is -0.139. The van der Waals surface area contributed by atoms with Crippen LogP contribution in [-0.2, 0) is 37.3 Å². The number of benzene rings is 2. The van der Waals surface area contributed by atoms with Crippen molar-refractivity contribution in [3.05, 3.63) is 53.1 Å². The first-order chi connectivity index (χ1) is 15.6. The van der Waals surface area contributed by atoms with Gasteiger partial charge >= 0.3 is 12.1 Å². The van der Waals surface area contributed by atoms with Gasteiger partial charge in [0, 0.05) is 13.3 Å². The van der Waals surface area contributed by atoms with E-state index in [4.69, 9.17) is 9.84 Å². The van der Waals surface area contributed by atoms with Crippen molar-refractivity contribution in [3.8, 4) is 5.75 Å². The molecule has 0 saturated heterocycles. The van der Waals surface area contributed by atoms with Gasteiger partial charge in [0.15, 0.2) is 16.4 Å². The van der Waals surface area contributed by atoms with Crippen LogP contribution < -0.4 is 4.74 Å². The number of carboxylic acids is 1. The highest BCUT2D eigenvalue weighted by Gasteiger charge is 2.37. The third kappa shape index (κ3) is 5.36. The fourth-order valence-corrected chi connectivity index (χ4v) is 6.07. The number of fused-ring (bicyclic) bond motifs is 1. The summed E-state index contributed by atoms with van der Waals surface area (Å²) in [6.45, 7) is -0.590. The predicted octanol–water partition coefficient (Wildman–Crippen LogP) is 3.27. The van der Waals surface area contributed by atoms with Crippen molar-refractivity contribution in [1.82, 2.24) is 4.31 Å². The average molecular weight is 522 g/mol. The maximum absolute atomic E-state index is 13.4. The lowest BCUT2D eigenvalue weighted by atomic mass is 9.87. The Labute approximate surface area is 194 Å². The number of nitrogens with zero attached hydrogens (tertiary/aromatic N) is 1. The quantitative estimate of drug-likeness (QED) is 0.594. The number of hydrogen-bond acceptors (Lipinski definition) is 6. The fourth-order valence-electron chi connectivity index (χ4n) is 3.87. The van der Waals surface area contributed by atoms with Crippen molar-refractivity contribution >= 4 is 25.8 Å². The SMILES string of the molecule is CN(C1CCCc2c(OCC(=O)O)cccc21)S(=O)(=O)c1cc(C(F)(F)F)cc(S(C)(=O)=O)c1. The number of carbonyl (C=O) groups is 1. The lowest BCUT2D eigenvalue weighted by Crippen LogP contribution is -2.34. The fraction of sp³-hybridized carbons (Fsp3) is 0.381. The van der Waals surface area contributed by atoms with Crippen LogP contribution in [0.1, 0.15) is 35.6 Å². The molecule has 0 heterocycles. The van der Waals surface area contributed by atoms with Gasteiger partial charge in [-0.3, -0.25) is 0 Å². The monoisotopic (exact) mass is 521 g/mol. The summed E-state index contributed by atoms with van der Waals surface area (Å²) in [6.07, 6.45) is -2.90. The summed E-state index contributed by atoms with van der Waals surface area (Å²) < 4.78 is 97.0. The molecule has 8 nitrogen and oxygen atoms in total. The normalized spacial score (nSPS) is 16.8. The molecule has 2 aromatic carbocycles. The van der Waals surface area contributed by atoms with Gasteiger partial charge in [0.1, 0.15) is 5.75 Å².